The van der Waals surface area contributed by atoms with Crippen LogP contribution in [0.2, 0.25) is 10.0 Å². The number of carbonyl (C=O) groups excluding carboxylic acids is 1. The average molecular weight is 490 g/mol. The minimum Gasteiger partial charge on any atom is -0.325 e. The number of hydrogen-bond donors (Lipinski definition) is 1. The summed E-state index contributed by atoms with van der Waals surface area (Å²) in [4.78, 5) is 17.2. The molecule has 1 N–H and O–H groups in total. The molecule has 0 saturated heterocycles. The first kappa shape index (κ1) is 22.9. The van der Waals surface area contributed by atoms with E-state index in [9.17, 15) is 10.1 Å². The van der Waals surface area contributed by atoms with E-state index < -0.39 is 0 Å². The highest BCUT2D eigenvalue weighted by Gasteiger charge is 2.17. The molecule has 0 unspecified atom stereocenters. The van der Waals surface area contributed by atoms with Crippen LogP contribution in [0.1, 0.15) is 5.56 Å². The smallest absolute Gasteiger partial charge is 0.234 e. The Labute approximate surface area is 206 Å². The molecule has 0 aliphatic carbocycles. The number of nitrogens with zero attached hydrogens (tertiary/aromatic N) is 2. The number of halogens is 2. The molecule has 162 valence electrons. The molecule has 4 nitrogen and oxygen atoms in total. The van der Waals surface area contributed by atoms with Crippen molar-refractivity contribution in [2.24, 2.45) is 0 Å². The highest BCUT2D eigenvalue weighted by Crippen LogP contribution is 2.34. The van der Waals surface area contributed by atoms with Gasteiger partial charge in [0.2, 0.25) is 5.91 Å². The number of thioether (sulfide) groups is 1. The van der Waals surface area contributed by atoms with Gasteiger partial charge in [-0.05, 0) is 48.0 Å². The zero-order valence-electron chi connectivity index (χ0n) is 17.3. The SMILES string of the molecule is N#Cc1c(-c2ccccc2)cc(-c2ccc(Cl)cc2)nc1SCC(=O)Nc1ccc(Cl)cc1. The van der Waals surface area contributed by atoms with E-state index in [4.69, 9.17) is 28.2 Å². The summed E-state index contributed by atoms with van der Waals surface area (Å²) in [6, 6.07) is 28.1. The number of nitrogens with one attached hydrogen (secondary N) is 1. The van der Waals surface area contributed by atoms with Crippen LogP contribution < -0.4 is 5.32 Å². The molecule has 0 fully saturated rings. The number of rotatable bonds is 6. The van der Waals surface area contributed by atoms with E-state index in [1.54, 1.807) is 36.4 Å². The predicted octanol–water partition coefficient (Wildman–Crippen LogP) is 7.32. The van der Waals surface area contributed by atoms with Gasteiger partial charge in [-0.15, -0.1) is 0 Å². The van der Waals surface area contributed by atoms with Gasteiger partial charge in [0.15, 0.2) is 0 Å². The number of benzene rings is 3. The summed E-state index contributed by atoms with van der Waals surface area (Å²) in [6.07, 6.45) is 0. The van der Waals surface area contributed by atoms with Gasteiger partial charge >= 0.3 is 0 Å². The van der Waals surface area contributed by atoms with Crippen LogP contribution in [0.25, 0.3) is 22.4 Å². The summed E-state index contributed by atoms with van der Waals surface area (Å²) in [6.45, 7) is 0. The first-order valence-electron chi connectivity index (χ1n) is 9.98. The van der Waals surface area contributed by atoms with E-state index in [2.05, 4.69) is 11.4 Å². The van der Waals surface area contributed by atoms with Crippen molar-refractivity contribution in [3.8, 4) is 28.5 Å². The molecule has 0 atom stereocenters. The van der Waals surface area contributed by atoms with Crippen molar-refractivity contribution < 1.29 is 4.79 Å². The van der Waals surface area contributed by atoms with E-state index in [1.165, 1.54) is 11.8 Å². The van der Waals surface area contributed by atoms with Gasteiger partial charge in [0.05, 0.1) is 17.0 Å². The molecule has 4 rings (SSSR count). The maximum atomic E-state index is 12.5. The number of amides is 1. The second-order valence-electron chi connectivity index (χ2n) is 7.06. The molecule has 7 heteroatoms. The summed E-state index contributed by atoms with van der Waals surface area (Å²) >= 11 is 13.2. The van der Waals surface area contributed by atoms with Crippen molar-refractivity contribution in [2.75, 3.05) is 11.1 Å². The Morgan fingerprint density at radius 1 is 0.909 bits per heavy atom. The Morgan fingerprint density at radius 3 is 2.18 bits per heavy atom. The van der Waals surface area contributed by atoms with E-state index in [1.807, 2.05) is 48.5 Å². The van der Waals surface area contributed by atoms with Gasteiger partial charge in [0.1, 0.15) is 11.1 Å². The molecular weight excluding hydrogens is 473 g/mol. The molecule has 0 bridgehead atoms. The Balaban J connectivity index is 1.67. The molecule has 1 amide bonds. The summed E-state index contributed by atoms with van der Waals surface area (Å²) in [7, 11) is 0. The molecule has 0 aliphatic heterocycles. The van der Waals surface area contributed by atoms with Gasteiger partial charge in [-0.1, -0.05) is 77.4 Å². The number of carbonyl (C=O) groups is 1. The third-order valence-electron chi connectivity index (χ3n) is 4.79. The lowest BCUT2D eigenvalue weighted by atomic mass is 9.99. The minimum atomic E-state index is -0.203. The first-order valence-corrected chi connectivity index (χ1v) is 11.7. The monoisotopic (exact) mass is 489 g/mol. The third kappa shape index (κ3) is 5.74. The van der Waals surface area contributed by atoms with Gasteiger partial charge in [-0.2, -0.15) is 5.26 Å². The number of hydrogen-bond acceptors (Lipinski definition) is 4. The summed E-state index contributed by atoms with van der Waals surface area (Å²) < 4.78 is 0. The highest BCUT2D eigenvalue weighted by molar-refractivity contribution is 8.00. The molecule has 1 heterocycles. The number of pyridine rings is 1. The fraction of sp³-hybridized carbons (Fsp3) is 0.0385. The lowest BCUT2D eigenvalue weighted by molar-refractivity contribution is -0.113. The van der Waals surface area contributed by atoms with Gasteiger partial charge in [-0.3, -0.25) is 4.79 Å². The maximum Gasteiger partial charge on any atom is 0.234 e. The average Bonchev–Trinajstić information content (AvgIpc) is 2.84. The first-order chi connectivity index (χ1) is 16.0. The third-order valence-corrected chi connectivity index (χ3v) is 6.27. The predicted molar refractivity (Wildman–Crippen MR) is 136 cm³/mol. The lowest BCUT2D eigenvalue weighted by Crippen LogP contribution is -2.14. The summed E-state index contributed by atoms with van der Waals surface area (Å²) in [5.41, 5.74) is 4.32. The van der Waals surface area contributed by atoms with Crippen molar-refractivity contribution >= 4 is 46.6 Å². The van der Waals surface area contributed by atoms with Gasteiger partial charge < -0.3 is 5.32 Å². The van der Waals surface area contributed by atoms with Crippen molar-refractivity contribution in [1.82, 2.24) is 4.98 Å². The highest BCUT2D eigenvalue weighted by atomic mass is 35.5. The molecule has 0 spiro atoms. The maximum absolute atomic E-state index is 12.5. The van der Waals surface area contributed by atoms with Crippen molar-refractivity contribution in [3.63, 3.8) is 0 Å². The molecule has 33 heavy (non-hydrogen) atoms. The molecule has 1 aromatic heterocycles. The number of aromatic nitrogens is 1. The Hall–Kier alpha value is -3.30. The van der Waals surface area contributed by atoms with Crippen LogP contribution in [0.3, 0.4) is 0 Å². The zero-order chi connectivity index (χ0) is 23.2. The van der Waals surface area contributed by atoms with Gasteiger partial charge in [-0.25, -0.2) is 4.98 Å². The van der Waals surface area contributed by atoms with Crippen LogP contribution in [0.5, 0.6) is 0 Å². The molecule has 0 aliphatic rings. The van der Waals surface area contributed by atoms with Crippen molar-refractivity contribution in [1.29, 1.82) is 5.26 Å². The second-order valence-corrected chi connectivity index (χ2v) is 8.90. The van der Waals surface area contributed by atoms with E-state index in [0.29, 0.717) is 32.0 Å². The molecule has 0 saturated carbocycles. The van der Waals surface area contributed by atoms with Crippen molar-refractivity contribution in [3.05, 3.63) is 101 Å². The Bertz CT molecular complexity index is 1320. The largest absolute Gasteiger partial charge is 0.325 e. The molecule has 4 aromatic rings. The fourth-order valence-corrected chi connectivity index (χ4v) is 4.27. The standard InChI is InChI=1S/C26H17Cl2N3OS/c27-19-8-6-18(7-9-19)24-14-22(17-4-2-1-3-5-17)23(15-29)26(31-24)33-16-25(32)30-21-12-10-20(28)11-13-21/h1-14H,16H2,(H,30,32). The van der Waals surface area contributed by atoms with Gasteiger partial charge in [0.25, 0.3) is 0 Å². The summed E-state index contributed by atoms with van der Waals surface area (Å²) in [5, 5.41) is 14.5. The van der Waals surface area contributed by atoms with Crippen LogP contribution in [-0.2, 0) is 4.79 Å². The van der Waals surface area contributed by atoms with Crippen LogP contribution in [0, 0.1) is 11.3 Å². The fourth-order valence-electron chi connectivity index (χ4n) is 3.21. The Kier molecular flexibility index (Phi) is 7.31. The van der Waals surface area contributed by atoms with Crippen LogP contribution >= 0.6 is 35.0 Å². The Morgan fingerprint density at radius 2 is 1.55 bits per heavy atom. The quantitative estimate of drug-likeness (QED) is 0.288. The van der Waals surface area contributed by atoms with E-state index in [-0.39, 0.29) is 11.7 Å². The van der Waals surface area contributed by atoms with Crippen molar-refractivity contribution in [2.45, 2.75) is 5.03 Å². The lowest BCUT2D eigenvalue weighted by Gasteiger charge is -2.13. The molecule has 0 radical (unpaired) electrons. The second kappa shape index (κ2) is 10.5. The van der Waals surface area contributed by atoms with Crippen LogP contribution in [0.15, 0.2) is 90.0 Å². The van der Waals surface area contributed by atoms with E-state index in [0.717, 1.165) is 16.7 Å². The van der Waals surface area contributed by atoms with Crippen LogP contribution in [0.4, 0.5) is 5.69 Å². The summed E-state index contributed by atoms with van der Waals surface area (Å²) in [5.74, 6) is -0.103. The topological polar surface area (TPSA) is 65.8 Å². The van der Waals surface area contributed by atoms with E-state index >= 15 is 0 Å². The van der Waals surface area contributed by atoms with Gasteiger partial charge in [0, 0.05) is 26.9 Å². The number of anilines is 1. The normalized spacial score (nSPS) is 10.5. The molecule has 3 aromatic carbocycles. The van der Waals surface area contributed by atoms with Crippen LogP contribution in [-0.4, -0.2) is 16.6 Å². The zero-order valence-corrected chi connectivity index (χ0v) is 19.6. The molecular formula is C26H17Cl2N3OS. The number of nitriles is 1. The minimum absolute atomic E-state index is 0.0998.